The molecule has 0 aliphatic carbocycles. The quantitative estimate of drug-likeness (QED) is 0.490. The zero-order valence-electron chi connectivity index (χ0n) is 10.7. The van der Waals surface area contributed by atoms with Gasteiger partial charge >= 0.3 is 0 Å². The molecule has 0 fully saturated rings. The fraction of sp³-hybridized carbons (Fsp3) is 0.267. The molecule has 2 rings (SSSR count). The fourth-order valence-corrected chi connectivity index (χ4v) is 1.37. The molecule has 0 amide bonds. The minimum Gasteiger partial charge on any atom is -0.748 e. The molecule has 2 nitrogen and oxygen atoms in total. The summed E-state index contributed by atoms with van der Waals surface area (Å²) in [4.78, 5) is 10.9. The Kier molecular flexibility index (Phi) is 8.99. The van der Waals surface area contributed by atoms with Crippen LogP contribution in [-0.4, -0.2) is 12.6 Å². The van der Waals surface area contributed by atoms with Gasteiger partial charge in [-0.1, -0.05) is 12.5 Å². The van der Waals surface area contributed by atoms with Crippen LogP contribution in [0.4, 0.5) is 0 Å². The van der Waals surface area contributed by atoms with Crippen molar-refractivity contribution in [3.63, 3.8) is 0 Å². The number of esters is 1. The summed E-state index contributed by atoms with van der Waals surface area (Å²) >= 11 is 0. The third kappa shape index (κ3) is 5.85. The second kappa shape index (κ2) is 9.69. The number of rotatable bonds is 3. The summed E-state index contributed by atoms with van der Waals surface area (Å²) in [5.74, 6) is -0.243. The molecule has 3 heteroatoms. The van der Waals surface area contributed by atoms with Gasteiger partial charge in [0.15, 0.2) is 0 Å². The molecular formula is C15H18FeO2-6. The number of carbonyl (C=O) groups excluding carboxylic acids is 1. The van der Waals surface area contributed by atoms with Crippen LogP contribution >= 0.6 is 0 Å². The van der Waals surface area contributed by atoms with Gasteiger partial charge in [0, 0.05) is 17.1 Å². The standard InChI is InChI=1S/C8H9O2.C7H9.Fe/c1-2-10-8(9)7-5-3-4-6-7;1-2-7-5-3-4-6-7;/h3-6H,2H2,1H3;3-6H,2H2,1H3;/q-1;-5;. The monoisotopic (exact) mass is 286 g/mol. The van der Waals surface area contributed by atoms with Crippen molar-refractivity contribution in [2.24, 2.45) is 0 Å². The largest absolute Gasteiger partial charge is 0.748 e. The molecule has 2 aromatic rings. The van der Waals surface area contributed by atoms with E-state index in [4.69, 9.17) is 4.74 Å². The average molecular weight is 286 g/mol. The molecular weight excluding hydrogens is 268 g/mol. The first-order chi connectivity index (χ1) is 8.27. The van der Waals surface area contributed by atoms with Crippen molar-refractivity contribution in [2.45, 2.75) is 20.3 Å². The van der Waals surface area contributed by atoms with Crippen molar-refractivity contribution in [3.8, 4) is 0 Å². The predicted octanol–water partition coefficient (Wildman–Crippen LogP) is 3.55. The van der Waals surface area contributed by atoms with Gasteiger partial charge in [0.25, 0.3) is 5.97 Å². The Morgan fingerprint density at radius 1 is 1.17 bits per heavy atom. The van der Waals surface area contributed by atoms with E-state index in [2.05, 4.69) is 31.2 Å². The smallest absolute Gasteiger partial charge is 0.281 e. The van der Waals surface area contributed by atoms with Crippen molar-refractivity contribution in [2.75, 3.05) is 6.61 Å². The minimum absolute atomic E-state index is 0. The van der Waals surface area contributed by atoms with Crippen molar-refractivity contribution >= 4 is 5.97 Å². The first-order valence-corrected chi connectivity index (χ1v) is 5.87. The molecule has 18 heavy (non-hydrogen) atoms. The van der Waals surface area contributed by atoms with Crippen molar-refractivity contribution in [1.29, 1.82) is 0 Å². The molecule has 2 aromatic carbocycles. The van der Waals surface area contributed by atoms with Crippen molar-refractivity contribution < 1.29 is 26.6 Å². The molecule has 0 radical (unpaired) electrons. The van der Waals surface area contributed by atoms with Crippen LogP contribution in [0.3, 0.4) is 0 Å². The minimum atomic E-state index is -0.243. The summed E-state index contributed by atoms with van der Waals surface area (Å²) in [6.07, 6.45) is 1.16. The first-order valence-electron chi connectivity index (χ1n) is 5.87. The molecule has 0 N–H and O–H groups in total. The molecule has 0 unspecified atom stereocenters. The van der Waals surface area contributed by atoms with Crippen LogP contribution in [0, 0.1) is 0 Å². The van der Waals surface area contributed by atoms with Gasteiger partial charge in [-0.05, 0) is 6.92 Å². The van der Waals surface area contributed by atoms with Gasteiger partial charge in [-0.3, -0.25) is 4.79 Å². The van der Waals surface area contributed by atoms with E-state index in [0.717, 1.165) is 6.42 Å². The van der Waals surface area contributed by atoms with E-state index in [1.54, 1.807) is 19.1 Å². The van der Waals surface area contributed by atoms with Crippen LogP contribution in [-0.2, 0) is 28.2 Å². The van der Waals surface area contributed by atoms with Crippen molar-refractivity contribution in [3.05, 3.63) is 59.7 Å². The summed E-state index contributed by atoms with van der Waals surface area (Å²) in [5, 5.41) is 0. The molecule has 0 spiro atoms. The van der Waals surface area contributed by atoms with Crippen LogP contribution in [0.25, 0.3) is 0 Å². The van der Waals surface area contributed by atoms with Crippen LogP contribution in [0.1, 0.15) is 29.8 Å². The topological polar surface area (TPSA) is 26.3 Å². The summed E-state index contributed by atoms with van der Waals surface area (Å²) in [6.45, 7) is 4.39. The normalized spacial score (nSPS) is 8.78. The molecule has 0 aliphatic heterocycles. The summed E-state index contributed by atoms with van der Waals surface area (Å²) in [7, 11) is 0. The average Bonchev–Trinajstić information content (AvgIpc) is 3.03. The van der Waals surface area contributed by atoms with Crippen LogP contribution in [0.15, 0.2) is 48.5 Å². The van der Waals surface area contributed by atoms with Gasteiger partial charge in [0.2, 0.25) is 0 Å². The Labute approximate surface area is 119 Å². The fourth-order valence-electron chi connectivity index (χ4n) is 1.37. The SMILES string of the molecule is CCOC(=O)[c-]1cccc1.CC[c-]1[cH-][cH-][cH-][cH-]1.[Fe]. The summed E-state index contributed by atoms with van der Waals surface area (Å²) in [6, 6.07) is 15.5. The van der Waals surface area contributed by atoms with Gasteiger partial charge < -0.3 is 34.6 Å². The Morgan fingerprint density at radius 2 is 1.72 bits per heavy atom. The second-order valence-corrected chi connectivity index (χ2v) is 3.54. The molecule has 0 heterocycles. The Morgan fingerprint density at radius 3 is 2.11 bits per heavy atom. The maximum atomic E-state index is 10.9. The van der Waals surface area contributed by atoms with E-state index in [1.807, 2.05) is 12.1 Å². The van der Waals surface area contributed by atoms with Crippen LogP contribution in [0.2, 0.25) is 0 Å². The van der Waals surface area contributed by atoms with E-state index in [9.17, 15) is 4.79 Å². The van der Waals surface area contributed by atoms with E-state index in [0.29, 0.717) is 12.2 Å². The third-order valence-electron chi connectivity index (χ3n) is 2.31. The maximum Gasteiger partial charge on any atom is 0.281 e. The zero-order chi connectivity index (χ0) is 12.5. The second-order valence-electron chi connectivity index (χ2n) is 3.54. The van der Waals surface area contributed by atoms with E-state index in [1.165, 1.54) is 5.56 Å². The molecule has 0 aliphatic rings. The van der Waals surface area contributed by atoms with Gasteiger partial charge in [-0.15, -0.1) is 0 Å². The van der Waals surface area contributed by atoms with E-state index < -0.39 is 0 Å². The van der Waals surface area contributed by atoms with Gasteiger partial charge in [-0.25, -0.2) is 18.6 Å². The van der Waals surface area contributed by atoms with E-state index >= 15 is 0 Å². The van der Waals surface area contributed by atoms with Crippen LogP contribution in [0.5, 0.6) is 0 Å². The Hall–Kier alpha value is -1.31. The Bertz CT molecular complexity index is 402. The molecule has 0 bridgehead atoms. The molecule has 0 saturated heterocycles. The number of hydrogen-bond donors (Lipinski definition) is 0. The number of hydrogen-bond acceptors (Lipinski definition) is 2. The molecule has 0 aromatic heterocycles. The van der Waals surface area contributed by atoms with Gasteiger partial charge in [-0.2, -0.15) is 12.1 Å². The summed E-state index contributed by atoms with van der Waals surface area (Å²) < 4.78 is 4.75. The van der Waals surface area contributed by atoms with Gasteiger partial charge in [0.1, 0.15) is 0 Å². The molecule has 104 valence electrons. The third-order valence-corrected chi connectivity index (χ3v) is 2.31. The number of carbonyl (C=O) groups is 1. The van der Waals surface area contributed by atoms with Gasteiger partial charge in [0.05, 0.1) is 6.61 Å². The number of aryl methyl sites for hydroxylation is 1. The molecule has 0 saturated carbocycles. The Balaban J connectivity index is 0.000000321. The van der Waals surface area contributed by atoms with E-state index in [-0.39, 0.29) is 23.0 Å². The zero-order valence-corrected chi connectivity index (χ0v) is 11.8. The molecule has 0 atom stereocenters. The van der Waals surface area contributed by atoms with Crippen LogP contribution < -0.4 is 0 Å². The summed E-state index contributed by atoms with van der Waals surface area (Å²) in [5.41, 5.74) is 2.06. The number of ether oxygens (including phenoxy) is 1. The van der Waals surface area contributed by atoms with Crippen molar-refractivity contribution in [1.82, 2.24) is 0 Å². The maximum absolute atomic E-state index is 10.9. The predicted molar refractivity (Wildman–Crippen MR) is 69.4 cm³/mol. The first kappa shape index (κ1) is 16.7.